The van der Waals surface area contributed by atoms with Gasteiger partial charge in [-0.3, -0.25) is 0 Å². The molecule has 0 saturated heterocycles. The summed E-state index contributed by atoms with van der Waals surface area (Å²) in [6.45, 7) is 4.49. The van der Waals surface area contributed by atoms with Gasteiger partial charge >= 0.3 is 12.0 Å². The molecule has 2 amide bonds. The number of methoxy groups -OCH3 is 1. The van der Waals surface area contributed by atoms with Gasteiger partial charge < -0.3 is 29.5 Å². The molecule has 0 aliphatic heterocycles. The molecule has 0 radical (unpaired) electrons. The number of benzene rings is 2. The third-order valence-electron chi connectivity index (χ3n) is 5.47. The van der Waals surface area contributed by atoms with E-state index in [-0.39, 0.29) is 6.03 Å². The number of carbonyl (C=O) groups excluding carboxylic acids is 1. The van der Waals surface area contributed by atoms with E-state index in [1.165, 1.54) is 5.56 Å². The molecule has 1 unspecified atom stereocenters. The third kappa shape index (κ3) is 11.2. The molecule has 0 aromatic heterocycles. The van der Waals surface area contributed by atoms with E-state index in [9.17, 15) is 14.7 Å². The maximum absolute atomic E-state index is 12.6. The van der Waals surface area contributed by atoms with Crippen LogP contribution >= 0.6 is 0 Å². The van der Waals surface area contributed by atoms with Gasteiger partial charge in [-0.2, -0.15) is 0 Å². The SMILES string of the molecule is CCOC(Cc1ccc(OCCN(CCCCc2ccccc2)C(=O)NCCOC)cc1)C(=O)O. The summed E-state index contributed by atoms with van der Waals surface area (Å²) in [5.74, 6) is -0.305. The van der Waals surface area contributed by atoms with Crippen LogP contribution in [0.1, 0.15) is 30.9 Å². The molecular formula is C27H38N2O6. The van der Waals surface area contributed by atoms with Crippen molar-refractivity contribution >= 4 is 12.0 Å². The maximum Gasteiger partial charge on any atom is 0.333 e. The van der Waals surface area contributed by atoms with Gasteiger partial charge in [-0.25, -0.2) is 9.59 Å². The molecule has 0 spiro atoms. The number of carboxylic acids is 1. The predicted molar refractivity (Wildman–Crippen MR) is 135 cm³/mol. The van der Waals surface area contributed by atoms with Gasteiger partial charge in [0.1, 0.15) is 12.4 Å². The van der Waals surface area contributed by atoms with Crippen molar-refractivity contribution in [2.45, 2.75) is 38.7 Å². The topological polar surface area (TPSA) is 97.3 Å². The standard InChI is InChI=1S/C27H38N2O6/c1-3-34-25(26(30)31)21-23-12-14-24(15-13-23)35-20-18-29(27(32)28-16-19-33-2)17-8-7-11-22-9-5-4-6-10-22/h4-6,9-10,12-15,25H,3,7-8,11,16-21H2,1-2H3,(H,28,32)(H,30,31). The van der Waals surface area contributed by atoms with E-state index in [0.29, 0.717) is 51.6 Å². The van der Waals surface area contributed by atoms with Crippen LogP contribution in [0.3, 0.4) is 0 Å². The van der Waals surface area contributed by atoms with Crippen molar-refractivity contribution in [1.29, 1.82) is 0 Å². The van der Waals surface area contributed by atoms with Gasteiger partial charge in [0.05, 0.1) is 13.2 Å². The summed E-state index contributed by atoms with van der Waals surface area (Å²) in [4.78, 5) is 25.7. The minimum absolute atomic E-state index is 0.128. The van der Waals surface area contributed by atoms with Crippen LogP contribution in [0.15, 0.2) is 54.6 Å². The summed E-state index contributed by atoms with van der Waals surface area (Å²) in [7, 11) is 1.60. The second kappa shape index (κ2) is 16.5. The average Bonchev–Trinajstić information content (AvgIpc) is 2.86. The van der Waals surface area contributed by atoms with Crippen molar-refractivity contribution in [2.75, 3.05) is 46.6 Å². The van der Waals surface area contributed by atoms with Crippen molar-refractivity contribution in [3.8, 4) is 5.75 Å². The molecule has 8 heteroatoms. The number of nitrogens with one attached hydrogen (secondary N) is 1. The summed E-state index contributed by atoms with van der Waals surface area (Å²) in [5, 5.41) is 12.1. The first-order chi connectivity index (χ1) is 17.0. The van der Waals surface area contributed by atoms with E-state index in [1.54, 1.807) is 18.9 Å². The van der Waals surface area contributed by atoms with Gasteiger partial charge in [0, 0.05) is 33.2 Å². The molecule has 2 aromatic rings. The van der Waals surface area contributed by atoms with Gasteiger partial charge in [0.25, 0.3) is 0 Å². The van der Waals surface area contributed by atoms with E-state index in [0.717, 1.165) is 24.8 Å². The Bertz CT molecular complexity index is 860. The highest BCUT2D eigenvalue weighted by atomic mass is 16.5. The largest absolute Gasteiger partial charge is 0.492 e. The Labute approximate surface area is 208 Å². The predicted octanol–water partition coefficient (Wildman–Crippen LogP) is 3.78. The third-order valence-corrected chi connectivity index (χ3v) is 5.47. The smallest absolute Gasteiger partial charge is 0.333 e. The number of amides is 2. The van der Waals surface area contributed by atoms with Gasteiger partial charge in [-0.1, -0.05) is 42.5 Å². The Morgan fingerprint density at radius 1 is 0.971 bits per heavy atom. The number of ether oxygens (including phenoxy) is 3. The first-order valence-electron chi connectivity index (χ1n) is 12.1. The molecule has 0 aliphatic carbocycles. The Hall–Kier alpha value is -3.10. The molecule has 8 nitrogen and oxygen atoms in total. The first-order valence-corrected chi connectivity index (χ1v) is 12.1. The lowest BCUT2D eigenvalue weighted by Crippen LogP contribution is -2.43. The average molecular weight is 487 g/mol. The van der Waals surface area contributed by atoms with E-state index < -0.39 is 12.1 Å². The van der Waals surface area contributed by atoms with Gasteiger partial charge in [-0.15, -0.1) is 0 Å². The van der Waals surface area contributed by atoms with Crippen molar-refractivity contribution in [2.24, 2.45) is 0 Å². The van der Waals surface area contributed by atoms with Gasteiger partial charge in [-0.05, 0) is 49.4 Å². The maximum atomic E-state index is 12.6. The number of carbonyl (C=O) groups is 2. The Morgan fingerprint density at radius 3 is 2.37 bits per heavy atom. The number of hydrogen-bond acceptors (Lipinski definition) is 5. The summed E-state index contributed by atoms with van der Waals surface area (Å²) < 4.78 is 16.1. The highest BCUT2D eigenvalue weighted by Gasteiger charge is 2.18. The Morgan fingerprint density at radius 2 is 1.71 bits per heavy atom. The molecule has 0 aliphatic rings. The number of urea groups is 1. The molecule has 2 aromatic carbocycles. The highest BCUT2D eigenvalue weighted by molar-refractivity contribution is 5.74. The number of carboxylic acid groups (broad SMARTS) is 1. The number of unbranched alkanes of at least 4 members (excludes halogenated alkanes) is 1. The Balaban J connectivity index is 1.82. The fraction of sp³-hybridized carbons (Fsp3) is 0.481. The summed E-state index contributed by atoms with van der Waals surface area (Å²) in [6.07, 6.45) is 2.30. The molecule has 0 heterocycles. The minimum atomic E-state index is -0.972. The fourth-order valence-electron chi connectivity index (χ4n) is 3.59. The molecule has 35 heavy (non-hydrogen) atoms. The first kappa shape index (κ1) is 28.1. The quantitative estimate of drug-likeness (QED) is 0.330. The number of rotatable bonds is 17. The number of aryl methyl sites for hydroxylation is 1. The van der Waals surface area contributed by atoms with E-state index in [1.807, 2.05) is 42.5 Å². The van der Waals surface area contributed by atoms with Gasteiger partial charge in [0.15, 0.2) is 6.10 Å². The highest BCUT2D eigenvalue weighted by Crippen LogP contribution is 2.15. The van der Waals surface area contributed by atoms with Crippen LogP contribution in [0, 0.1) is 0 Å². The number of hydrogen-bond donors (Lipinski definition) is 2. The van der Waals surface area contributed by atoms with Crippen LogP contribution in [0.4, 0.5) is 4.79 Å². The van der Waals surface area contributed by atoms with Crippen molar-refractivity contribution in [3.05, 3.63) is 65.7 Å². The molecule has 2 rings (SSSR count). The zero-order valence-electron chi connectivity index (χ0n) is 20.8. The van der Waals surface area contributed by atoms with Gasteiger partial charge in [0.2, 0.25) is 0 Å². The Kier molecular flexibility index (Phi) is 13.3. The van der Waals surface area contributed by atoms with Crippen molar-refractivity contribution < 1.29 is 28.9 Å². The molecule has 0 fully saturated rings. The molecule has 0 bridgehead atoms. The van der Waals surface area contributed by atoms with Crippen LogP contribution in [-0.2, 0) is 27.1 Å². The minimum Gasteiger partial charge on any atom is -0.492 e. The van der Waals surface area contributed by atoms with Crippen LogP contribution in [0.25, 0.3) is 0 Å². The molecule has 1 atom stereocenters. The van der Waals surface area contributed by atoms with E-state index in [2.05, 4.69) is 17.4 Å². The lowest BCUT2D eigenvalue weighted by Gasteiger charge is -2.23. The molecule has 0 saturated carbocycles. The monoisotopic (exact) mass is 486 g/mol. The van der Waals surface area contributed by atoms with Crippen LogP contribution < -0.4 is 10.1 Å². The lowest BCUT2D eigenvalue weighted by molar-refractivity contribution is -0.149. The van der Waals surface area contributed by atoms with Crippen molar-refractivity contribution in [3.63, 3.8) is 0 Å². The fourth-order valence-corrected chi connectivity index (χ4v) is 3.59. The van der Waals surface area contributed by atoms with Crippen LogP contribution in [0.2, 0.25) is 0 Å². The second-order valence-electron chi connectivity index (χ2n) is 8.13. The second-order valence-corrected chi connectivity index (χ2v) is 8.13. The molecule has 192 valence electrons. The summed E-state index contributed by atoms with van der Waals surface area (Å²) in [5.41, 5.74) is 2.15. The van der Waals surface area contributed by atoms with Crippen LogP contribution in [-0.4, -0.2) is 74.7 Å². The zero-order chi connectivity index (χ0) is 25.3. The molecule has 2 N–H and O–H groups in total. The summed E-state index contributed by atoms with van der Waals surface area (Å²) in [6, 6.07) is 17.5. The molecular weight excluding hydrogens is 448 g/mol. The van der Waals surface area contributed by atoms with E-state index >= 15 is 0 Å². The number of aliphatic carboxylic acids is 1. The zero-order valence-corrected chi connectivity index (χ0v) is 20.8. The van der Waals surface area contributed by atoms with E-state index in [4.69, 9.17) is 14.2 Å². The summed E-state index contributed by atoms with van der Waals surface area (Å²) >= 11 is 0. The lowest BCUT2D eigenvalue weighted by atomic mass is 10.1. The van der Waals surface area contributed by atoms with Crippen molar-refractivity contribution in [1.82, 2.24) is 10.2 Å². The van der Waals surface area contributed by atoms with Crippen LogP contribution in [0.5, 0.6) is 5.75 Å². The number of nitrogens with zero attached hydrogens (tertiary/aromatic N) is 1. The normalized spacial score (nSPS) is 11.6.